The van der Waals surface area contributed by atoms with Crippen molar-refractivity contribution in [1.29, 1.82) is 0 Å². The largest absolute Gasteiger partial charge is 0.497 e. The highest BCUT2D eigenvalue weighted by Gasteiger charge is 2.42. The number of carbonyl (C=O) groups excluding carboxylic acids is 1. The average Bonchev–Trinajstić information content (AvgIpc) is 3.40. The van der Waals surface area contributed by atoms with Gasteiger partial charge < -0.3 is 29.0 Å². The Morgan fingerprint density at radius 3 is 2.73 bits per heavy atom. The van der Waals surface area contributed by atoms with Gasteiger partial charge in [0.2, 0.25) is 5.91 Å². The highest BCUT2D eigenvalue weighted by Crippen LogP contribution is 2.40. The summed E-state index contributed by atoms with van der Waals surface area (Å²) >= 11 is 0. The summed E-state index contributed by atoms with van der Waals surface area (Å²) in [5.74, 6) is 2.30. The quantitative estimate of drug-likeness (QED) is 0.624. The summed E-state index contributed by atoms with van der Waals surface area (Å²) in [6.07, 6.45) is 2.31. The van der Waals surface area contributed by atoms with Gasteiger partial charge >= 0.3 is 0 Å². The summed E-state index contributed by atoms with van der Waals surface area (Å²) in [5.41, 5.74) is 3.40. The number of furan rings is 1. The highest BCUT2D eigenvalue weighted by molar-refractivity contribution is 5.82. The number of methoxy groups -OCH3 is 2. The van der Waals surface area contributed by atoms with Crippen molar-refractivity contribution in [1.82, 2.24) is 5.32 Å². The van der Waals surface area contributed by atoms with Crippen LogP contribution < -0.4 is 24.6 Å². The van der Waals surface area contributed by atoms with Gasteiger partial charge in [0.1, 0.15) is 17.3 Å². The molecule has 0 unspecified atom stereocenters. The molecular formula is C26H29N3O4. The van der Waals surface area contributed by atoms with E-state index in [2.05, 4.69) is 33.3 Å². The molecule has 1 aromatic heterocycles. The molecular weight excluding hydrogens is 418 g/mol. The van der Waals surface area contributed by atoms with E-state index in [1.54, 1.807) is 20.5 Å². The van der Waals surface area contributed by atoms with Gasteiger partial charge in [-0.3, -0.25) is 4.79 Å². The summed E-state index contributed by atoms with van der Waals surface area (Å²) in [4.78, 5) is 18.1. The first-order valence-corrected chi connectivity index (χ1v) is 11.3. The highest BCUT2D eigenvalue weighted by atomic mass is 16.5. The summed E-state index contributed by atoms with van der Waals surface area (Å²) in [6.45, 7) is 2.77. The zero-order valence-electron chi connectivity index (χ0n) is 19.0. The van der Waals surface area contributed by atoms with Gasteiger partial charge in [0.05, 0.1) is 44.7 Å². The van der Waals surface area contributed by atoms with Gasteiger partial charge in [-0.2, -0.15) is 0 Å². The van der Waals surface area contributed by atoms with Crippen LogP contribution >= 0.6 is 0 Å². The molecule has 3 heterocycles. The van der Waals surface area contributed by atoms with Crippen LogP contribution in [0.3, 0.4) is 0 Å². The Morgan fingerprint density at radius 1 is 1.06 bits per heavy atom. The van der Waals surface area contributed by atoms with Crippen molar-refractivity contribution in [3.05, 3.63) is 72.2 Å². The monoisotopic (exact) mass is 447 g/mol. The number of nitrogens with one attached hydrogen (secondary N) is 1. The molecule has 0 radical (unpaired) electrons. The lowest BCUT2D eigenvalue weighted by molar-refractivity contribution is -0.126. The van der Waals surface area contributed by atoms with Gasteiger partial charge in [-0.25, -0.2) is 0 Å². The summed E-state index contributed by atoms with van der Waals surface area (Å²) in [7, 11) is 3.38. The van der Waals surface area contributed by atoms with Crippen LogP contribution in [0.25, 0.3) is 0 Å². The van der Waals surface area contributed by atoms with Gasteiger partial charge in [-0.05, 0) is 42.3 Å². The summed E-state index contributed by atoms with van der Waals surface area (Å²) in [5, 5.41) is 3.09. The topological polar surface area (TPSA) is 67.2 Å². The number of ether oxygens (including phenoxy) is 2. The first-order chi connectivity index (χ1) is 16.2. The molecule has 172 valence electrons. The maximum Gasteiger partial charge on any atom is 0.225 e. The third-order valence-electron chi connectivity index (χ3n) is 6.70. The van der Waals surface area contributed by atoms with E-state index in [-0.39, 0.29) is 17.9 Å². The molecule has 0 saturated carbocycles. The second kappa shape index (κ2) is 9.10. The van der Waals surface area contributed by atoms with Gasteiger partial charge in [0.25, 0.3) is 0 Å². The van der Waals surface area contributed by atoms with E-state index in [9.17, 15) is 4.79 Å². The van der Waals surface area contributed by atoms with Crippen LogP contribution in [-0.4, -0.2) is 45.8 Å². The molecule has 2 atom stereocenters. The lowest BCUT2D eigenvalue weighted by Gasteiger charge is -2.49. The Kier molecular flexibility index (Phi) is 5.86. The van der Waals surface area contributed by atoms with Crippen molar-refractivity contribution >= 4 is 17.3 Å². The van der Waals surface area contributed by atoms with Crippen LogP contribution in [-0.2, 0) is 17.8 Å². The number of anilines is 2. The average molecular weight is 448 g/mol. The van der Waals surface area contributed by atoms with Crippen LogP contribution in [0.5, 0.6) is 11.5 Å². The normalized spacial score (nSPS) is 19.5. The molecule has 33 heavy (non-hydrogen) atoms. The van der Waals surface area contributed by atoms with E-state index in [1.807, 2.05) is 36.4 Å². The van der Waals surface area contributed by atoms with E-state index < -0.39 is 0 Å². The second-order valence-electron chi connectivity index (χ2n) is 8.48. The first-order valence-electron chi connectivity index (χ1n) is 11.3. The molecule has 1 fully saturated rings. The van der Waals surface area contributed by atoms with Gasteiger partial charge in [0.15, 0.2) is 0 Å². The zero-order chi connectivity index (χ0) is 22.8. The van der Waals surface area contributed by atoms with Gasteiger partial charge in [-0.1, -0.05) is 18.2 Å². The molecule has 7 heteroatoms. The Hall–Kier alpha value is -3.61. The van der Waals surface area contributed by atoms with Crippen LogP contribution in [0, 0.1) is 5.92 Å². The van der Waals surface area contributed by atoms with E-state index in [4.69, 9.17) is 13.9 Å². The molecule has 2 aromatic carbocycles. The SMILES string of the molecule is COc1ccc2c(c1)N1CCN(c3ccccc3OC)C[C@@H]1[C@H](C(=O)NCc1ccco1)C2. The lowest BCUT2D eigenvalue weighted by Crippen LogP contribution is -2.61. The maximum absolute atomic E-state index is 13.4. The number of carbonyl (C=O) groups is 1. The molecule has 1 N–H and O–H groups in total. The van der Waals surface area contributed by atoms with Crippen LogP contribution in [0.4, 0.5) is 11.4 Å². The predicted molar refractivity (Wildman–Crippen MR) is 127 cm³/mol. The molecule has 0 spiro atoms. The number of benzene rings is 2. The molecule has 0 aliphatic carbocycles. The number of hydrogen-bond donors (Lipinski definition) is 1. The van der Waals surface area contributed by atoms with E-state index >= 15 is 0 Å². The summed E-state index contributed by atoms with van der Waals surface area (Å²) in [6, 6.07) is 18.0. The molecule has 7 nitrogen and oxygen atoms in total. The van der Waals surface area contributed by atoms with Crippen molar-refractivity contribution in [2.45, 2.75) is 19.0 Å². The third-order valence-corrected chi connectivity index (χ3v) is 6.70. The van der Waals surface area contributed by atoms with Crippen molar-refractivity contribution in [2.75, 3.05) is 43.7 Å². The number of nitrogens with zero attached hydrogens (tertiary/aromatic N) is 2. The van der Waals surface area contributed by atoms with E-state index in [0.29, 0.717) is 13.0 Å². The summed E-state index contributed by atoms with van der Waals surface area (Å²) < 4.78 is 16.5. The third kappa shape index (κ3) is 4.11. The lowest BCUT2D eigenvalue weighted by atomic mass is 9.83. The molecule has 1 saturated heterocycles. The smallest absolute Gasteiger partial charge is 0.225 e. The van der Waals surface area contributed by atoms with Crippen LogP contribution in [0.2, 0.25) is 0 Å². The number of fused-ring (bicyclic) bond motifs is 3. The van der Waals surface area contributed by atoms with E-state index in [1.165, 1.54) is 5.56 Å². The Balaban J connectivity index is 1.45. The predicted octanol–water partition coefficient (Wildman–Crippen LogP) is 3.48. The fourth-order valence-electron chi connectivity index (χ4n) is 5.03. The molecule has 5 rings (SSSR count). The molecule has 3 aromatic rings. The number of rotatable bonds is 6. The number of amides is 1. The van der Waals surface area contributed by atoms with Gasteiger partial charge in [-0.15, -0.1) is 0 Å². The molecule has 2 aliphatic heterocycles. The van der Waals surface area contributed by atoms with Crippen LogP contribution in [0.15, 0.2) is 65.3 Å². The Labute approximate surface area is 193 Å². The number of hydrogen-bond acceptors (Lipinski definition) is 6. The molecule has 1 amide bonds. The van der Waals surface area contributed by atoms with Crippen molar-refractivity contribution in [3.8, 4) is 11.5 Å². The minimum absolute atomic E-state index is 0.0277. The Morgan fingerprint density at radius 2 is 1.94 bits per heavy atom. The first kappa shape index (κ1) is 21.2. The second-order valence-corrected chi connectivity index (χ2v) is 8.48. The maximum atomic E-state index is 13.4. The number of para-hydroxylation sites is 2. The Bertz CT molecular complexity index is 1110. The number of piperazine rings is 1. The van der Waals surface area contributed by atoms with Gasteiger partial charge in [0, 0.05) is 31.4 Å². The zero-order valence-corrected chi connectivity index (χ0v) is 19.0. The van der Waals surface area contributed by atoms with E-state index in [0.717, 1.165) is 48.3 Å². The molecule has 2 aliphatic rings. The molecule has 0 bridgehead atoms. The minimum Gasteiger partial charge on any atom is -0.497 e. The van der Waals surface area contributed by atoms with Crippen molar-refractivity contribution in [3.63, 3.8) is 0 Å². The minimum atomic E-state index is -0.182. The fourth-order valence-corrected chi connectivity index (χ4v) is 5.03. The van der Waals surface area contributed by atoms with Crippen molar-refractivity contribution < 1.29 is 18.7 Å². The van der Waals surface area contributed by atoms with Crippen molar-refractivity contribution in [2.24, 2.45) is 5.92 Å². The standard InChI is InChI=1S/C26H29N3O4/c1-31-19-10-9-18-14-21(26(30)27-16-20-6-5-13-33-20)24-17-28(11-12-29(24)23(18)15-19)22-7-3-4-8-25(22)32-2/h3-10,13,15,21,24H,11-12,14,16-17H2,1-2H3,(H,27,30)/t21-,24-/m1/s1. The van der Waals surface area contributed by atoms with Crippen LogP contribution in [0.1, 0.15) is 11.3 Å². The fraction of sp³-hybridized carbons (Fsp3) is 0.346.